The third-order valence-corrected chi connectivity index (χ3v) is 3.15. The quantitative estimate of drug-likeness (QED) is 0.766. The van der Waals surface area contributed by atoms with E-state index in [0.717, 1.165) is 32.5 Å². The van der Waals surface area contributed by atoms with Gasteiger partial charge in [-0.3, -0.25) is 9.69 Å². The molecule has 0 aromatic rings. The van der Waals surface area contributed by atoms with E-state index in [-0.39, 0.29) is 5.91 Å². The Labute approximate surface area is 105 Å². The second-order valence-corrected chi connectivity index (χ2v) is 6.17. The lowest BCUT2D eigenvalue weighted by atomic mass is 9.95. The molecule has 0 aliphatic carbocycles. The molecule has 0 atom stereocenters. The second-order valence-electron chi connectivity index (χ2n) is 6.17. The monoisotopic (exact) mass is 241 g/mol. The Morgan fingerprint density at radius 3 is 2.35 bits per heavy atom. The van der Waals surface area contributed by atoms with Crippen LogP contribution in [0, 0.1) is 5.41 Å². The summed E-state index contributed by atoms with van der Waals surface area (Å²) >= 11 is 0. The molecule has 1 heterocycles. The maximum absolute atomic E-state index is 11.3. The molecule has 2 N–H and O–H groups in total. The first-order valence-corrected chi connectivity index (χ1v) is 6.57. The van der Waals surface area contributed by atoms with Crippen molar-refractivity contribution in [2.75, 3.05) is 33.2 Å². The number of piperidine rings is 1. The lowest BCUT2D eigenvalue weighted by Gasteiger charge is -2.33. The van der Waals surface area contributed by atoms with Crippen LogP contribution in [0.2, 0.25) is 0 Å². The van der Waals surface area contributed by atoms with Crippen LogP contribution < -0.4 is 10.6 Å². The highest BCUT2D eigenvalue weighted by Gasteiger charge is 2.21. The van der Waals surface area contributed by atoms with Gasteiger partial charge in [-0.1, -0.05) is 20.8 Å². The molecular weight excluding hydrogens is 214 g/mol. The topological polar surface area (TPSA) is 44.4 Å². The summed E-state index contributed by atoms with van der Waals surface area (Å²) in [6.07, 6.45) is 2.29. The van der Waals surface area contributed by atoms with E-state index in [4.69, 9.17) is 0 Å². The van der Waals surface area contributed by atoms with E-state index in [1.54, 1.807) is 7.05 Å². The lowest BCUT2D eigenvalue weighted by molar-refractivity contribution is -0.122. The molecule has 4 nitrogen and oxygen atoms in total. The number of rotatable bonds is 4. The highest BCUT2D eigenvalue weighted by molar-refractivity contribution is 5.77. The molecule has 1 fully saturated rings. The normalized spacial score (nSPS) is 19.3. The molecule has 100 valence electrons. The van der Waals surface area contributed by atoms with Crippen molar-refractivity contribution < 1.29 is 4.79 Å². The zero-order valence-corrected chi connectivity index (χ0v) is 11.7. The number of hydrogen-bond donors (Lipinski definition) is 2. The smallest absolute Gasteiger partial charge is 0.233 e. The SMILES string of the molecule is CNC(=O)CN1CCC(NCC(C)(C)C)CC1. The molecule has 0 aromatic carbocycles. The highest BCUT2D eigenvalue weighted by Crippen LogP contribution is 2.14. The van der Waals surface area contributed by atoms with Gasteiger partial charge in [-0.25, -0.2) is 0 Å². The van der Waals surface area contributed by atoms with Crippen molar-refractivity contribution in [1.29, 1.82) is 0 Å². The number of nitrogens with one attached hydrogen (secondary N) is 2. The Morgan fingerprint density at radius 2 is 1.88 bits per heavy atom. The van der Waals surface area contributed by atoms with Gasteiger partial charge in [0, 0.05) is 32.7 Å². The Morgan fingerprint density at radius 1 is 1.29 bits per heavy atom. The maximum Gasteiger partial charge on any atom is 0.233 e. The van der Waals surface area contributed by atoms with Gasteiger partial charge < -0.3 is 10.6 Å². The molecule has 0 radical (unpaired) electrons. The molecule has 1 aliphatic rings. The lowest BCUT2D eigenvalue weighted by Crippen LogP contribution is -2.47. The molecule has 17 heavy (non-hydrogen) atoms. The van der Waals surface area contributed by atoms with E-state index in [9.17, 15) is 4.79 Å². The van der Waals surface area contributed by atoms with Gasteiger partial charge in [-0.05, 0) is 18.3 Å². The van der Waals surface area contributed by atoms with Crippen LogP contribution in [0.15, 0.2) is 0 Å². The van der Waals surface area contributed by atoms with Crippen molar-refractivity contribution in [3.05, 3.63) is 0 Å². The Kier molecular flexibility index (Phi) is 5.40. The fraction of sp³-hybridized carbons (Fsp3) is 0.923. The van der Waals surface area contributed by atoms with Crippen LogP contribution in [0.4, 0.5) is 0 Å². The Hall–Kier alpha value is -0.610. The zero-order valence-electron chi connectivity index (χ0n) is 11.7. The molecule has 1 rings (SSSR count). The minimum absolute atomic E-state index is 0.117. The molecule has 0 bridgehead atoms. The van der Waals surface area contributed by atoms with Crippen LogP contribution in [0.25, 0.3) is 0 Å². The fourth-order valence-electron chi connectivity index (χ4n) is 2.03. The minimum atomic E-state index is 0.117. The largest absolute Gasteiger partial charge is 0.358 e. The first-order chi connectivity index (χ1) is 7.90. The molecular formula is C13H27N3O. The maximum atomic E-state index is 11.3. The number of likely N-dealkylation sites (tertiary alicyclic amines) is 1. The van der Waals surface area contributed by atoms with E-state index in [1.165, 1.54) is 0 Å². The predicted octanol–water partition coefficient (Wildman–Crippen LogP) is 0.833. The summed E-state index contributed by atoms with van der Waals surface area (Å²) in [7, 11) is 1.69. The Bertz CT molecular complexity index is 240. The van der Waals surface area contributed by atoms with Crippen molar-refractivity contribution in [2.24, 2.45) is 5.41 Å². The molecule has 1 amide bonds. The summed E-state index contributed by atoms with van der Waals surface area (Å²) in [4.78, 5) is 13.5. The summed E-state index contributed by atoms with van der Waals surface area (Å²) < 4.78 is 0. The third-order valence-electron chi connectivity index (χ3n) is 3.15. The second kappa shape index (κ2) is 6.36. The summed E-state index contributed by atoms with van der Waals surface area (Å²) in [5.74, 6) is 0.117. The van der Waals surface area contributed by atoms with Crippen molar-refractivity contribution in [3.8, 4) is 0 Å². The number of carbonyl (C=O) groups is 1. The standard InChI is InChI=1S/C13H27N3O/c1-13(2,3)10-15-11-5-7-16(8-6-11)9-12(17)14-4/h11,15H,5-10H2,1-4H3,(H,14,17). The molecule has 0 unspecified atom stereocenters. The van der Waals surface area contributed by atoms with Crippen molar-refractivity contribution in [3.63, 3.8) is 0 Å². The van der Waals surface area contributed by atoms with E-state index >= 15 is 0 Å². The number of hydrogen-bond acceptors (Lipinski definition) is 3. The van der Waals surface area contributed by atoms with Crippen LogP contribution in [-0.4, -0.2) is 50.1 Å². The van der Waals surface area contributed by atoms with Crippen LogP contribution in [0.5, 0.6) is 0 Å². The van der Waals surface area contributed by atoms with Crippen molar-refractivity contribution >= 4 is 5.91 Å². The van der Waals surface area contributed by atoms with E-state index < -0.39 is 0 Å². The average molecular weight is 241 g/mol. The minimum Gasteiger partial charge on any atom is -0.358 e. The van der Waals surface area contributed by atoms with Crippen LogP contribution >= 0.6 is 0 Å². The average Bonchev–Trinajstić information content (AvgIpc) is 2.27. The number of carbonyl (C=O) groups excluding carboxylic acids is 1. The van der Waals surface area contributed by atoms with Gasteiger partial charge in [0.15, 0.2) is 0 Å². The third kappa shape index (κ3) is 6.03. The molecule has 0 spiro atoms. The van der Waals surface area contributed by atoms with Crippen molar-refractivity contribution in [2.45, 2.75) is 39.7 Å². The highest BCUT2D eigenvalue weighted by atomic mass is 16.1. The fourth-order valence-corrected chi connectivity index (χ4v) is 2.03. The van der Waals surface area contributed by atoms with Gasteiger partial charge >= 0.3 is 0 Å². The van der Waals surface area contributed by atoms with Crippen LogP contribution in [-0.2, 0) is 4.79 Å². The van der Waals surface area contributed by atoms with E-state index in [0.29, 0.717) is 18.0 Å². The first kappa shape index (κ1) is 14.5. The molecule has 4 heteroatoms. The van der Waals surface area contributed by atoms with Gasteiger partial charge in [0.1, 0.15) is 0 Å². The number of amides is 1. The zero-order chi connectivity index (χ0) is 12.9. The van der Waals surface area contributed by atoms with Gasteiger partial charge in [0.25, 0.3) is 0 Å². The van der Waals surface area contributed by atoms with Crippen molar-refractivity contribution in [1.82, 2.24) is 15.5 Å². The van der Waals surface area contributed by atoms with E-state index in [1.807, 2.05) is 0 Å². The van der Waals surface area contributed by atoms with Gasteiger partial charge in [-0.15, -0.1) is 0 Å². The summed E-state index contributed by atoms with van der Waals surface area (Å²) in [6.45, 7) is 10.4. The summed E-state index contributed by atoms with van der Waals surface area (Å²) in [5, 5.41) is 6.29. The Balaban J connectivity index is 2.19. The summed E-state index contributed by atoms with van der Waals surface area (Å²) in [6, 6.07) is 0.621. The van der Waals surface area contributed by atoms with Gasteiger partial charge in [0.2, 0.25) is 5.91 Å². The predicted molar refractivity (Wildman–Crippen MR) is 71.0 cm³/mol. The van der Waals surface area contributed by atoms with Crippen LogP contribution in [0.1, 0.15) is 33.6 Å². The molecule has 0 aromatic heterocycles. The van der Waals surface area contributed by atoms with Crippen LogP contribution in [0.3, 0.4) is 0 Å². The molecule has 1 saturated heterocycles. The van der Waals surface area contributed by atoms with Gasteiger partial charge in [-0.2, -0.15) is 0 Å². The molecule has 1 aliphatic heterocycles. The number of nitrogens with zero attached hydrogens (tertiary/aromatic N) is 1. The summed E-state index contributed by atoms with van der Waals surface area (Å²) in [5.41, 5.74) is 0.346. The first-order valence-electron chi connectivity index (χ1n) is 6.57. The molecule has 0 saturated carbocycles. The van der Waals surface area contributed by atoms with Gasteiger partial charge in [0.05, 0.1) is 6.54 Å². The van der Waals surface area contributed by atoms with E-state index in [2.05, 4.69) is 36.3 Å². The number of likely N-dealkylation sites (N-methyl/N-ethyl adjacent to an activating group) is 1.